The number of carbonyl (C=O) groups is 1. The summed E-state index contributed by atoms with van der Waals surface area (Å²) in [6.45, 7) is 1.79. The minimum atomic E-state index is -0.235. The molecule has 0 aliphatic heterocycles. The molecule has 0 fully saturated rings. The lowest BCUT2D eigenvalue weighted by molar-refractivity contribution is 0.102. The van der Waals surface area contributed by atoms with Gasteiger partial charge in [-0.15, -0.1) is 0 Å². The summed E-state index contributed by atoms with van der Waals surface area (Å²) in [6.07, 6.45) is 2.59. The predicted octanol–water partition coefficient (Wildman–Crippen LogP) is 3.35. The van der Waals surface area contributed by atoms with E-state index in [9.17, 15) is 4.79 Å². The molecule has 6 heteroatoms. The molecule has 1 aromatic carbocycles. The molecule has 0 aliphatic rings. The van der Waals surface area contributed by atoms with Crippen LogP contribution in [0.5, 0.6) is 0 Å². The molecule has 0 atom stereocenters. The highest BCUT2D eigenvalue weighted by Gasteiger charge is 2.13. The van der Waals surface area contributed by atoms with Crippen LogP contribution in [0.2, 0.25) is 5.02 Å². The maximum Gasteiger partial charge on any atom is 0.258 e. The van der Waals surface area contributed by atoms with E-state index >= 15 is 0 Å². The molecule has 2 aromatic rings. The molecule has 1 heterocycles. The summed E-state index contributed by atoms with van der Waals surface area (Å²) in [5, 5.41) is 6.47. The maximum atomic E-state index is 12.5. The second kappa shape index (κ2) is 8.50. The number of carbonyl (C=O) groups excluding carboxylic acids is 1. The number of rotatable bonds is 7. The summed E-state index contributed by atoms with van der Waals surface area (Å²) in [5.74, 6) is 0.128. The number of hydrogen-bond donors (Lipinski definition) is 2. The van der Waals surface area contributed by atoms with E-state index in [1.165, 1.54) is 0 Å². The fourth-order valence-electron chi connectivity index (χ4n) is 2.11. The lowest BCUT2D eigenvalue weighted by Gasteiger charge is -2.14. The predicted molar refractivity (Wildman–Crippen MR) is 95.3 cm³/mol. The van der Waals surface area contributed by atoms with Gasteiger partial charge in [-0.25, -0.2) is 4.98 Å². The van der Waals surface area contributed by atoms with Crippen LogP contribution in [-0.2, 0) is 0 Å². The molecule has 0 saturated heterocycles. The van der Waals surface area contributed by atoms with Crippen molar-refractivity contribution in [1.82, 2.24) is 9.88 Å². The Bertz CT molecular complexity index is 661. The van der Waals surface area contributed by atoms with E-state index in [1.807, 2.05) is 32.3 Å². The highest BCUT2D eigenvalue weighted by atomic mass is 35.5. The minimum absolute atomic E-state index is 0.235. The average Bonchev–Trinajstić information content (AvgIpc) is 2.54. The van der Waals surface area contributed by atoms with Gasteiger partial charge in [0.1, 0.15) is 0 Å². The van der Waals surface area contributed by atoms with Gasteiger partial charge in [-0.3, -0.25) is 4.79 Å². The number of hydrogen-bond acceptors (Lipinski definition) is 4. The van der Waals surface area contributed by atoms with Crippen molar-refractivity contribution in [2.45, 2.75) is 6.42 Å². The summed E-state index contributed by atoms with van der Waals surface area (Å²) in [5.41, 5.74) is 1.37. The molecule has 5 nitrogen and oxygen atoms in total. The molecule has 23 heavy (non-hydrogen) atoms. The van der Waals surface area contributed by atoms with E-state index in [4.69, 9.17) is 11.6 Å². The van der Waals surface area contributed by atoms with Gasteiger partial charge in [0.15, 0.2) is 5.82 Å². The highest BCUT2D eigenvalue weighted by molar-refractivity contribution is 6.33. The topological polar surface area (TPSA) is 57.3 Å². The van der Waals surface area contributed by atoms with E-state index in [0.29, 0.717) is 16.4 Å². The largest absolute Gasteiger partial charge is 0.384 e. The third-order valence-corrected chi connectivity index (χ3v) is 3.56. The van der Waals surface area contributed by atoms with Crippen molar-refractivity contribution in [2.75, 3.05) is 37.8 Å². The highest BCUT2D eigenvalue weighted by Crippen LogP contribution is 2.21. The molecular weight excluding hydrogens is 312 g/mol. The number of aromatic nitrogens is 1. The van der Waals surface area contributed by atoms with Gasteiger partial charge in [0, 0.05) is 18.4 Å². The number of anilines is 2. The van der Waals surface area contributed by atoms with Gasteiger partial charge >= 0.3 is 0 Å². The van der Waals surface area contributed by atoms with Crippen LogP contribution in [-0.4, -0.2) is 43.0 Å². The first-order valence-corrected chi connectivity index (χ1v) is 7.85. The molecule has 122 valence electrons. The molecule has 0 aliphatic carbocycles. The first-order valence-electron chi connectivity index (χ1n) is 7.47. The minimum Gasteiger partial charge on any atom is -0.384 e. The molecule has 2 N–H and O–H groups in total. The second-order valence-corrected chi connectivity index (χ2v) is 5.82. The molecule has 0 unspecified atom stereocenters. The molecule has 0 bridgehead atoms. The molecule has 0 spiro atoms. The fraction of sp³-hybridized carbons (Fsp3) is 0.294. The molecule has 1 aromatic heterocycles. The summed E-state index contributed by atoms with van der Waals surface area (Å²) >= 11 is 6.03. The number of benzene rings is 1. The zero-order chi connectivity index (χ0) is 16.7. The summed E-state index contributed by atoms with van der Waals surface area (Å²) in [6, 6.07) is 10.8. The zero-order valence-electron chi connectivity index (χ0n) is 13.3. The van der Waals surface area contributed by atoms with Crippen LogP contribution in [0.15, 0.2) is 42.6 Å². The van der Waals surface area contributed by atoms with Crippen molar-refractivity contribution in [1.29, 1.82) is 0 Å². The average molecular weight is 333 g/mol. The van der Waals surface area contributed by atoms with E-state index in [-0.39, 0.29) is 5.91 Å². The SMILES string of the molecule is CN(C)CCCNc1ccccc1C(=O)Nc1ncccc1Cl. The Balaban J connectivity index is 2.04. The Labute approximate surface area is 141 Å². The van der Waals surface area contributed by atoms with E-state index in [1.54, 1.807) is 24.4 Å². The van der Waals surface area contributed by atoms with Crippen LogP contribution in [0, 0.1) is 0 Å². The van der Waals surface area contributed by atoms with Gasteiger partial charge < -0.3 is 15.5 Å². The van der Waals surface area contributed by atoms with Gasteiger partial charge in [0.05, 0.1) is 10.6 Å². The van der Waals surface area contributed by atoms with E-state index in [0.717, 1.165) is 25.2 Å². The van der Waals surface area contributed by atoms with Crippen LogP contribution in [0.25, 0.3) is 0 Å². The normalized spacial score (nSPS) is 10.6. The van der Waals surface area contributed by atoms with Crippen molar-refractivity contribution in [2.24, 2.45) is 0 Å². The number of amides is 1. The van der Waals surface area contributed by atoms with Crippen molar-refractivity contribution in [3.8, 4) is 0 Å². The van der Waals surface area contributed by atoms with Gasteiger partial charge in [-0.2, -0.15) is 0 Å². The Morgan fingerprint density at radius 1 is 1.22 bits per heavy atom. The smallest absolute Gasteiger partial charge is 0.258 e. The van der Waals surface area contributed by atoms with Crippen LogP contribution >= 0.6 is 11.6 Å². The number of halogens is 1. The Kier molecular flexibility index (Phi) is 6.38. The molecule has 1 amide bonds. The summed E-state index contributed by atoms with van der Waals surface area (Å²) < 4.78 is 0. The number of pyridine rings is 1. The quantitative estimate of drug-likeness (QED) is 0.763. The Morgan fingerprint density at radius 3 is 2.74 bits per heavy atom. The van der Waals surface area contributed by atoms with Crippen molar-refractivity contribution in [3.05, 3.63) is 53.2 Å². The molecule has 2 rings (SSSR count). The van der Waals surface area contributed by atoms with Gasteiger partial charge in [-0.05, 0) is 51.3 Å². The van der Waals surface area contributed by atoms with E-state index < -0.39 is 0 Å². The fourth-order valence-corrected chi connectivity index (χ4v) is 2.27. The molecule has 0 saturated carbocycles. The monoisotopic (exact) mass is 332 g/mol. The zero-order valence-corrected chi connectivity index (χ0v) is 14.1. The standard InChI is InChI=1S/C17H21ClN4O/c1-22(2)12-6-11-19-15-9-4-3-7-13(15)17(23)21-16-14(18)8-5-10-20-16/h3-5,7-10,19H,6,11-12H2,1-2H3,(H,20,21,23). The van der Waals surface area contributed by atoms with Crippen molar-refractivity contribution >= 4 is 29.0 Å². The second-order valence-electron chi connectivity index (χ2n) is 5.42. The first kappa shape index (κ1) is 17.2. The Morgan fingerprint density at radius 2 is 2.00 bits per heavy atom. The first-order chi connectivity index (χ1) is 11.1. The molecule has 0 radical (unpaired) electrons. The van der Waals surface area contributed by atoms with Gasteiger partial charge in [-0.1, -0.05) is 23.7 Å². The van der Waals surface area contributed by atoms with Gasteiger partial charge in [0.25, 0.3) is 5.91 Å². The lowest BCUT2D eigenvalue weighted by Crippen LogP contribution is -2.18. The van der Waals surface area contributed by atoms with Crippen LogP contribution in [0.3, 0.4) is 0 Å². The lowest BCUT2D eigenvalue weighted by atomic mass is 10.1. The number of nitrogens with zero attached hydrogens (tertiary/aromatic N) is 2. The van der Waals surface area contributed by atoms with Crippen molar-refractivity contribution in [3.63, 3.8) is 0 Å². The summed E-state index contributed by atoms with van der Waals surface area (Å²) in [4.78, 5) is 18.7. The van der Waals surface area contributed by atoms with E-state index in [2.05, 4.69) is 20.5 Å². The van der Waals surface area contributed by atoms with Crippen LogP contribution in [0.4, 0.5) is 11.5 Å². The van der Waals surface area contributed by atoms with Crippen molar-refractivity contribution < 1.29 is 4.79 Å². The van der Waals surface area contributed by atoms with Crippen LogP contribution in [0.1, 0.15) is 16.8 Å². The third-order valence-electron chi connectivity index (χ3n) is 3.26. The molecular formula is C17H21ClN4O. The number of para-hydroxylation sites is 1. The van der Waals surface area contributed by atoms with Gasteiger partial charge in [0.2, 0.25) is 0 Å². The third kappa shape index (κ3) is 5.23. The summed E-state index contributed by atoms with van der Waals surface area (Å²) in [7, 11) is 4.08. The Hall–Kier alpha value is -2.11. The maximum absolute atomic E-state index is 12.5. The number of nitrogens with one attached hydrogen (secondary N) is 2. The van der Waals surface area contributed by atoms with Crippen LogP contribution < -0.4 is 10.6 Å².